The number of hydrogen-bond acceptors (Lipinski definition) is 4. The van der Waals surface area contributed by atoms with Gasteiger partial charge >= 0.3 is 0 Å². The first kappa shape index (κ1) is 17.4. The van der Waals surface area contributed by atoms with Crippen LogP contribution in [0.4, 0.5) is 0 Å². The lowest BCUT2D eigenvalue weighted by Crippen LogP contribution is -2.43. The van der Waals surface area contributed by atoms with Gasteiger partial charge in [-0.2, -0.15) is 5.26 Å². The van der Waals surface area contributed by atoms with Crippen molar-refractivity contribution < 1.29 is 14.3 Å². The van der Waals surface area contributed by atoms with Gasteiger partial charge in [-0.15, -0.1) is 6.58 Å². The molecule has 122 valence electrons. The van der Waals surface area contributed by atoms with Gasteiger partial charge in [-0.3, -0.25) is 4.79 Å². The van der Waals surface area contributed by atoms with E-state index < -0.39 is 11.7 Å². The molecule has 2 rings (SSSR count). The highest BCUT2D eigenvalue weighted by Crippen LogP contribution is 2.37. The van der Waals surface area contributed by atoms with Crippen LogP contribution in [-0.4, -0.2) is 18.5 Å². The average molecular weight is 313 g/mol. The van der Waals surface area contributed by atoms with Gasteiger partial charge in [0.25, 0.3) is 0 Å². The molecule has 0 bridgehead atoms. The Bertz CT molecular complexity index is 615. The zero-order valence-corrected chi connectivity index (χ0v) is 13.7. The highest BCUT2D eigenvalue weighted by atomic mass is 16.7. The third-order valence-electron chi connectivity index (χ3n) is 4.37. The van der Waals surface area contributed by atoms with Crippen molar-refractivity contribution in [2.75, 3.05) is 6.61 Å². The lowest BCUT2D eigenvalue weighted by molar-refractivity contribution is -0.238. The monoisotopic (exact) mass is 313 g/mol. The number of ketones is 1. The maximum absolute atomic E-state index is 12.5. The molecule has 1 aromatic carbocycles. The van der Waals surface area contributed by atoms with E-state index in [4.69, 9.17) is 9.47 Å². The minimum Gasteiger partial charge on any atom is -0.348 e. The molecule has 1 aliphatic rings. The molecular formula is C19H23NO3. The van der Waals surface area contributed by atoms with Crippen molar-refractivity contribution in [1.82, 2.24) is 0 Å². The summed E-state index contributed by atoms with van der Waals surface area (Å²) in [6.45, 7) is 8.01. The van der Waals surface area contributed by atoms with Gasteiger partial charge in [0, 0.05) is 17.4 Å². The minimum atomic E-state index is -0.601. The molecule has 4 heteroatoms. The Balaban J connectivity index is 2.16. The molecule has 23 heavy (non-hydrogen) atoms. The smallest absolute Gasteiger partial charge is 0.185 e. The number of benzene rings is 1. The second-order valence-corrected chi connectivity index (χ2v) is 6.29. The highest BCUT2D eigenvalue weighted by molar-refractivity contribution is 5.84. The molecule has 0 N–H and O–H groups in total. The number of allylic oxidation sites excluding steroid dienone is 1. The zero-order chi connectivity index (χ0) is 16.9. The number of carbonyl (C=O) groups is 1. The van der Waals surface area contributed by atoms with Gasteiger partial charge < -0.3 is 9.47 Å². The summed E-state index contributed by atoms with van der Waals surface area (Å²) in [5.41, 5.74) is 0.662. The fourth-order valence-corrected chi connectivity index (χ4v) is 2.77. The molecule has 2 atom stereocenters. The Morgan fingerprint density at radius 2 is 2.22 bits per heavy atom. The van der Waals surface area contributed by atoms with E-state index in [0.717, 1.165) is 0 Å². The topological polar surface area (TPSA) is 59.3 Å². The number of Topliss-reactive ketones (excluding diaryl/α,β-unsaturated/α-hetero) is 1. The second kappa shape index (κ2) is 7.54. The van der Waals surface area contributed by atoms with E-state index in [1.807, 2.05) is 32.0 Å². The molecule has 1 aliphatic heterocycles. The van der Waals surface area contributed by atoms with Crippen molar-refractivity contribution in [3.05, 3.63) is 48.0 Å². The van der Waals surface area contributed by atoms with Gasteiger partial charge in [0.15, 0.2) is 6.29 Å². The van der Waals surface area contributed by atoms with Crippen LogP contribution in [0, 0.1) is 16.7 Å². The van der Waals surface area contributed by atoms with Crippen LogP contribution in [0.5, 0.6) is 0 Å². The average Bonchev–Trinajstić information content (AvgIpc) is 2.59. The van der Waals surface area contributed by atoms with Crippen LogP contribution in [0.25, 0.3) is 0 Å². The summed E-state index contributed by atoms with van der Waals surface area (Å²) in [6, 6.07) is 9.40. The SMILES string of the molecule is C=CCCC(=O)C(C)(C)[C@@H]1CCO[C@H](c2ccccc2C#N)O1. The molecule has 0 unspecified atom stereocenters. The first-order chi connectivity index (χ1) is 11.0. The van der Waals surface area contributed by atoms with E-state index in [1.54, 1.807) is 12.1 Å². The maximum atomic E-state index is 12.5. The Kier molecular flexibility index (Phi) is 5.70. The number of nitriles is 1. The van der Waals surface area contributed by atoms with Crippen LogP contribution in [0.2, 0.25) is 0 Å². The van der Waals surface area contributed by atoms with Crippen LogP contribution in [0.3, 0.4) is 0 Å². The van der Waals surface area contributed by atoms with Crippen molar-refractivity contribution in [2.24, 2.45) is 5.41 Å². The van der Waals surface area contributed by atoms with Crippen molar-refractivity contribution >= 4 is 5.78 Å². The molecule has 1 aromatic rings. The predicted molar refractivity (Wildman–Crippen MR) is 87.6 cm³/mol. The summed E-state index contributed by atoms with van der Waals surface area (Å²) in [4.78, 5) is 12.5. The molecule has 0 amide bonds. The molecule has 0 saturated carbocycles. The van der Waals surface area contributed by atoms with Gasteiger partial charge in [0.2, 0.25) is 0 Å². The minimum absolute atomic E-state index is 0.164. The van der Waals surface area contributed by atoms with E-state index in [0.29, 0.717) is 37.0 Å². The van der Waals surface area contributed by atoms with Crippen LogP contribution < -0.4 is 0 Å². The van der Waals surface area contributed by atoms with Crippen molar-refractivity contribution in [1.29, 1.82) is 5.26 Å². The Morgan fingerprint density at radius 3 is 2.91 bits per heavy atom. The van der Waals surface area contributed by atoms with Crippen molar-refractivity contribution in [2.45, 2.75) is 45.5 Å². The largest absolute Gasteiger partial charge is 0.348 e. The molecule has 0 aromatic heterocycles. The standard InChI is InChI=1S/C19H23NO3/c1-4-5-10-16(21)19(2,3)17-11-12-22-18(23-17)15-9-7-6-8-14(15)13-20/h4,6-9,17-18H,1,5,10-12H2,2-3H3/t17-,18-/m0/s1. The van der Waals surface area contributed by atoms with Crippen LogP contribution in [0.15, 0.2) is 36.9 Å². The lowest BCUT2D eigenvalue weighted by atomic mass is 9.78. The molecule has 0 radical (unpaired) electrons. The first-order valence-corrected chi connectivity index (χ1v) is 7.91. The molecule has 1 heterocycles. The number of rotatable bonds is 6. The third-order valence-corrected chi connectivity index (χ3v) is 4.37. The normalized spacial score (nSPS) is 21.4. The van der Waals surface area contributed by atoms with E-state index in [9.17, 15) is 10.1 Å². The third kappa shape index (κ3) is 3.87. The van der Waals surface area contributed by atoms with Crippen molar-refractivity contribution in [3.8, 4) is 6.07 Å². The molecule has 0 aliphatic carbocycles. The maximum Gasteiger partial charge on any atom is 0.185 e. The summed E-state index contributed by atoms with van der Waals surface area (Å²) in [7, 11) is 0. The summed E-state index contributed by atoms with van der Waals surface area (Å²) in [5, 5.41) is 9.24. The lowest BCUT2D eigenvalue weighted by Gasteiger charge is -2.39. The van der Waals surface area contributed by atoms with Gasteiger partial charge in [0.05, 0.1) is 24.3 Å². The van der Waals surface area contributed by atoms with Crippen LogP contribution >= 0.6 is 0 Å². The second-order valence-electron chi connectivity index (χ2n) is 6.29. The van der Waals surface area contributed by atoms with E-state index in [1.165, 1.54) is 0 Å². The fraction of sp³-hybridized carbons (Fsp3) is 0.474. The van der Waals surface area contributed by atoms with Gasteiger partial charge in [-0.25, -0.2) is 0 Å². The Hall–Kier alpha value is -1.96. The summed E-state index contributed by atoms with van der Waals surface area (Å²) >= 11 is 0. The summed E-state index contributed by atoms with van der Waals surface area (Å²) in [6.07, 6.45) is 2.73. The number of nitrogens with zero attached hydrogens (tertiary/aromatic N) is 1. The van der Waals surface area contributed by atoms with Gasteiger partial charge in [0.1, 0.15) is 5.78 Å². The van der Waals surface area contributed by atoms with Crippen molar-refractivity contribution in [3.63, 3.8) is 0 Å². The molecule has 0 spiro atoms. The number of hydrogen-bond donors (Lipinski definition) is 0. The highest BCUT2D eigenvalue weighted by Gasteiger charge is 2.40. The summed E-state index contributed by atoms with van der Waals surface area (Å²) in [5.74, 6) is 0.164. The molecule has 1 fully saturated rings. The van der Waals surface area contributed by atoms with Gasteiger partial charge in [-0.1, -0.05) is 38.1 Å². The summed E-state index contributed by atoms with van der Waals surface area (Å²) < 4.78 is 11.8. The van der Waals surface area contributed by atoms with Crippen LogP contribution in [0.1, 0.15) is 50.5 Å². The predicted octanol–water partition coefficient (Wildman–Crippen LogP) is 3.92. The van der Waals surface area contributed by atoms with E-state index in [-0.39, 0.29) is 11.9 Å². The first-order valence-electron chi connectivity index (χ1n) is 7.91. The number of carbonyl (C=O) groups excluding carboxylic acids is 1. The zero-order valence-electron chi connectivity index (χ0n) is 13.7. The van der Waals surface area contributed by atoms with E-state index in [2.05, 4.69) is 12.6 Å². The Morgan fingerprint density at radius 1 is 1.48 bits per heavy atom. The molecular weight excluding hydrogens is 290 g/mol. The number of ether oxygens (including phenoxy) is 2. The molecule has 1 saturated heterocycles. The Labute approximate surface area is 137 Å². The quantitative estimate of drug-likeness (QED) is 0.747. The van der Waals surface area contributed by atoms with Crippen LogP contribution in [-0.2, 0) is 14.3 Å². The molecule has 4 nitrogen and oxygen atoms in total. The fourth-order valence-electron chi connectivity index (χ4n) is 2.77. The van der Waals surface area contributed by atoms with E-state index >= 15 is 0 Å². The van der Waals surface area contributed by atoms with Gasteiger partial charge in [-0.05, 0) is 18.9 Å².